The highest BCUT2D eigenvalue weighted by Gasteiger charge is 2.19. The van der Waals surface area contributed by atoms with Crippen LogP contribution < -0.4 is 21.1 Å². The van der Waals surface area contributed by atoms with Gasteiger partial charge in [0, 0.05) is 12.6 Å². The van der Waals surface area contributed by atoms with Gasteiger partial charge in [-0.15, -0.1) is 0 Å². The molecule has 0 bridgehead atoms. The highest BCUT2D eigenvalue weighted by Crippen LogP contribution is 2.27. The number of hydrogen-bond acceptors (Lipinski definition) is 5. The van der Waals surface area contributed by atoms with Crippen molar-refractivity contribution in [2.24, 2.45) is 0 Å². The lowest BCUT2D eigenvalue weighted by molar-refractivity contribution is -0.117. The van der Waals surface area contributed by atoms with E-state index < -0.39 is 11.4 Å². The average Bonchev–Trinajstić information content (AvgIpc) is 2.88. The molecule has 0 radical (unpaired) electrons. The van der Waals surface area contributed by atoms with E-state index in [0.29, 0.717) is 17.1 Å². The third kappa shape index (κ3) is 4.50. The zero-order valence-corrected chi connectivity index (χ0v) is 15.5. The molecule has 0 aliphatic heterocycles. The van der Waals surface area contributed by atoms with Crippen molar-refractivity contribution in [3.8, 4) is 5.75 Å². The number of carbonyl (C=O) groups is 2. The molecule has 9 nitrogen and oxygen atoms in total. The van der Waals surface area contributed by atoms with Crippen LogP contribution in [0.25, 0.3) is 0 Å². The molecular weight excluding hydrogens is 338 g/mol. The fraction of sp³-hybridized carbons (Fsp3) is 0.412. The number of nitrogens with zero attached hydrogens (tertiary/aromatic N) is 3. The van der Waals surface area contributed by atoms with Crippen LogP contribution in [-0.4, -0.2) is 33.3 Å². The van der Waals surface area contributed by atoms with E-state index in [1.165, 1.54) is 29.6 Å². The van der Waals surface area contributed by atoms with Gasteiger partial charge in [-0.25, -0.2) is 9.48 Å². The summed E-state index contributed by atoms with van der Waals surface area (Å²) < 4.78 is 7.76. The summed E-state index contributed by atoms with van der Waals surface area (Å²) >= 11 is 0. The van der Waals surface area contributed by atoms with Gasteiger partial charge >= 0.3 is 5.69 Å². The molecule has 0 saturated carbocycles. The molecule has 1 heterocycles. The maximum Gasteiger partial charge on any atom is 0.346 e. The summed E-state index contributed by atoms with van der Waals surface area (Å²) in [5.41, 5.74) is 0.0623. The molecule has 2 rings (SSSR count). The first-order valence-corrected chi connectivity index (χ1v) is 8.02. The Bertz CT molecular complexity index is 876. The lowest BCUT2D eigenvalue weighted by Gasteiger charge is -2.16. The van der Waals surface area contributed by atoms with Crippen molar-refractivity contribution < 1.29 is 14.3 Å². The molecule has 2 aromatic rings. The van der Waals surface area contributed by atoms with E-state index in [-0.39, 0.29) is 18.1 Å². The standard InChI is InChI=1S/C17H23N5O4/c1-11(23)19-12-6-7-14(26-5)13(8-12)20-15(24)9-21-10-18-22(16(21)25)17(2,3)4/h6-8,10H,9H2,1-5H3,(H,19,23)(H,20,24). The molecule has 1 aromatic heterocycles. The number of hydrogen-bond donors (Lipinski definition) is 2. The quantitative estimate of drug-likeness (QED) is 0.837. The number of aromatic nitrogens is 3. The van der Waals surface area contributed by atoms with E-state index in [0.717, 1.165) is 0 Å². The molecule has 0 spiro atoms. The largest absolute Gasteiger partial charge is 0.495 e. The van der Waals surface area contributed by atoms with Crippen molar-refractivity contribution in [1.29, 1.82) is 0 Å². The van der Waals surface area contributed by atoms with Gasteiger partial charge in [0.2, 0.25) is 11.8 Å². The molecule has 0 aliphatic carbocycles. The monoisotopic (exact) mass is 361 g/mol. The molecule has 140 valence electrons. The summed E-state index contributed by atoms with van der Waals surface area (Å²) in [6, 6.07) is 4.87. The molecule has 1 aromatic carbocycles. The second-order valence-corrected chi connectivity index (χ2v) is 6.77. The molecule has 0 saturated heterocycles. The van der Waals surface area contributed by atoms with Crippen LogP contribution in [0.4, 0.5) is 11.4 Å². The summed E-state index contributed by atoms with van der Waals surface area (Å²) in [5, 5.41) is 9.36. The second-order valence-electron chi connectivity index (χ2n) is 6.77. The van der Waals surface area contributed by atoms with Crippen LogP contribution in [0.15, 0.2) is 29.3 Å². The van der Waals surface area contributed by atoms with Crippen molar-refractivity contribution in [2.45, 2.75) is 39.8 Å². The molecule has 0 unspecified atom stereocenters. The van der Waals surface area contributed by atoms with E-state index in [9.17, 15) is 14.4 Å². The number of ether oxygens (including phenoxy) is 1. The van der Waals surface area contributed by atoms with Crippen LogP contribution >= 0.6 is 0 Å². The second kappa shape index (κ2) is 7.42. The van der Waals surface area contributed by atoms with Gasteiger partial charge in [0.05, 0.1) is 18.3 Å². The van der Waals surface area contributed by atoms with Gasteiger partial charge in [0.15, 0.2) is 0 Å². The molecule has 0 aliphatic rings. The van der Waals surface area contributed by atoms with Gasteiger partial charge < -0.3 is 15.4 Å². The molecule has 9 heteroatoms. The number of carbonyl (C=O) groups excluding carboxylic acids is 2. The molecule has 2 amide bonds. The minimum absolute atomic E-state index is 0.192. The fourth-order valence-electron chi connectivity index (χ4n) is 2.33. The Balaban J connectivity index is 2.19. The average molecular weight is 361 g/mol. The number of rotatable bonds is 5. The smallest absolute Gasteiger partial charge is 0.346 e. The topological polar surface area (TPSA) is 107 Å². The number of benzene rings is 1. The number of nitrogens with one attached hydrogen (secondary N) is 2. The third-order valence-corrected chi connectivity index (χ3v) is 3.48. The predicted molar refractivity (Wildman–Crippen MR) is 97.4 cm³/mol. The van der Waals surface area contributed by atoms with E-state index in [2.05, 4.69) is 15.7 Å². The number of anilines is 2. The summed E-state index contributed by atoms with van der Waals surface area (Å²) in [4.78, 5) is 35.8. The van der Waals surface area contributed by atoms with Crippen LogP contribution in [0.1, 0.15) is 27.7 Å². The lowest BCUT2D eigenvalue weighted by atomic mass is 10.1. The first kappa shape index (κ1) is 19.2. The summed E-state index contributed by atoms with van der Waals surface area (Å²) in [6.45, 7) is 6.75. The summed E-state index contributed by atoms with van der Waals surface area (Å²) in [6.07, 6.45) is 1.33. The Morgan fingerprint density at radius 1 is 1.23 bits per heavy atom. The number of amides is 2. The van der Waals surface area contributed by atoms with Gasteiger partial charge in [-0.05, 0) is 39.0 Å². The van der Waals surface area contributed by atoms with Crippen molar-refractivity contribution >= 4 is 23.2 Å². The normalized spacial score (nSPS) is 11.1. The zero-order chi connectivity index (χ0) is 19.5. The van der Waals surface area contributed by atoms with Crippen molar-refractivity contribution in [3.05, 3.63) is 35.0 Å². The molecule has 0 fully saturated rings. The van der Waals surface area contributed by atoms with E-state index in [1.807, 2.05) is 20.8 Å². The predicted octanol–water partition coefficient (Wildman–Crippen LogP) is 1.41. The Hall–Kier alpha value is -3.10. The first-order chi connectivity index (χ1) is 12.1. The van der Waals surface area contributed by atoms with Gasteiger partial charge in [-0.1, -0.05) is 0 Å². The zero-order valence-electron chi connectivity index (χ0n) is 15.5. The van der Waals surface area contributed by atoms with Crippen LogP contribution in [0.3, 0.4) is 0 Å². The molecule has 26 heavy (non-hydrogen) atoms. The van der Waals surface area contributed by atoms with Crippen LogP contribution in [0.2, 0.25) is 0 Å². The Kier molecular flexibility index (Phi) is 5.49. The van der Waals surface area contributed by atoms with E-state index in [4.69, 9.17) is 4.74 Å². The SMILES string of the molecule is COc1ccc(NC(C)=O)cc1NC(=O)Cn1cnn(C(C)(C)C)c1=O. The maximum atomic E-state index is 12.3. The van der Waals surface area contributed by atoms with Crippen molar-refractivity contribution in [2.75, 3.05) is 17.7 Å². The Labute approximate surface area is 151 Å². The van der Waals surface area contributed by atoms with Gasteiger partial charge in [0.1, 0.15) is 18.6 Å². The highest BCUT2D eigenvalue weighted by molar-refractivity contribution is 5.94. The van der Waals surface area contributed by atoms with E-state index in [1.54, 1.807) is 18.2 Å². The van der Waals surface area contributed by atoms with Crippen LogP contribution in [-0.2, 0) is 21.7 Å². The summed E-state index contributed by atoms with van der Waals surface area (Å²) in [7, 11) is 1.47. The van der Waals surface area contributed by atoms with E-state index >= 15 is 0 Å². The van der Waals surface area contributed by atoms with Crippen molar-refractivity contribution in [1.82, 2.24) is 14.3 Å². The van der Waals surface area contributed by atoms with Gasteiger partial charge in [-0.2, -0.15) is 5.10 Å². The number of methoxy groups -OCH3 is 1. The minimum atomic E-state index is -0.477. The highest BCUT2D eigenvalue weighted by atomic mass is 16.5. The van der Waals surface area contributed by atoms with Gasteiger partial charge in [0.25, 0.3) is 0 Å². The third-order valence-electron chi connectivity index (χ3n) is 3.48. The summed E-state index contributed by atoms with van der Waals surface area (Å²) in [5.74, 6) is -0.211. The lowest BCUT2D eigenvalue weighted by Crippen LogP contribution is -2.37. The van der Waals surface area contributed by atoms with Crippen molar-refractivity contribution in [3.63, 3.8) is 0 Å². The fourth-order valence-corrected chi connectivity index (χ4v) is 2.33. The molecule has 0 atom stereocenters. The van der Waals surface area contributed by atoms with Gasteiger partial charge in [-0.3, -0.25) is 14.2 Å². The molecular formula is C17H23N5O4. The first-order valence-electron chi connectivity index (χ1n) is 8.02. The molecule has 2 N–H and O–H groups in total. The Morgan fingerprint density at radius 2 is 1.92 bits per heavy atom. The Morgan fingerprint density at radius 3 is 2.46 bits per heavy atom. The van der Waals surface area contributed by atoms with Crippen LogP contribution in [0, 0.1) is 0 Å². The minimum Gasteiger partial charge on any atom is -0.495 e. The van der Waals surface area contributed by atoms with Crippen LogP contribution in [0.5, 0.6) is 5.75 Å². The maximum absolute atomic E-state index is 12.3.